The Morgan fingerprint density at radius 1 is 1.19 bits per heavy atom. The molecule has 2 heterocycles. The van der Waals surface area contributed by atoms with E-state index in [2.05, 4.69) is 20.3 Å². The van der Waals surface area contributed by atoms with Crippen LogP contribution in [0.15, 0.2) is 36.5 Å². The average molecular weight is 529 g/mol. The smallest absolute Gasteiger partial charge is 0.294 e. The lowest BCUT2D eigenvalue weighted by atomic mass is 10.2. The second-order valence-corrected chi connectivity index (χ2v) is 9.10. The maximum Gasteiger partial charge on any atom is 0.294 e. The lowest BCUT2D eigenvalue weighted by molar-refractivity contribution is -0.384. The second-order valence-electron chi connectivity index (χ2n) is 8.66. The molecule has 11 nitrogen and oxygen atoms in total. The number of nitro benzene ring substituents is 1. The molecule has 2 aromatic carbocycles. The fraction of sp³-hybridized carbons (Fsp3) is 0.292. The van der Waals surface area contributed by atoms with E-state index in [9.17, 15) is 14.5 Å². The summed E-state index contributed by atoms with van der Waals surface area (Å²) in [6, 6.07) is 7.43. The molecule has 0 fully saturated rings. The number of likely N-dealkylation sites (N-methyl/N-ethyl adjacent to an activating group) is 2. The van der Waals surface area contributed by atoms with Crippen LogP contribution in [0.1, 0.15) is 0 Å². The zero-order valence-electron chi connectivity index (χ0n) is 21.0. The molecule has 0 spiro atoms. The normalized spacial score (nSPS) is 11.2. The van der Waals surface area contributed by atoms with E-state index in [1.807, 2.05) is 19.0 Å². The Bertz CT molecular complexity index is 1480. The Morgan fingerprint density at radius 2 is 1.95 bits per heavy atom. The van der Waals surface area contributed by atoms with Gasteiger partial charge in [-0.15, -0.1) is 0 Å². The fourth-order valence-corrected chi connectivity index (χ4v) is 4.10. The third kappa shape index (κ3) is 5.39. The quantitative estimate of drug-likeness (QED) is 0.248. The minimum absolute atomic E-state index is 0.0941. The van der Waals surface area contributed by atoms with E-state index in [1.54, 1.807) is 41.8 Å². The highest BCUT2D eigenvalue weighted by Crippen LogP contribution is 2.39. The van der Waals surface area contributed by atoms with Gasteiger partial charge in [-0.05, 0) is 32.3 Å². The molecule has 13 heteroatoms. The topological polar surface area (TPSA) is 114 Å². The highest BCUT2D eigenvalue weighted by atomic mass is 35.5. The van der Waals surface area contributed by atoms with E-state index in [0.717, 1.165) is 6.54 Å². The molecule has 0 bridgehead atoms. The van der Waals surface area contributed by atoms with E-state index in [-0.39, 0.29) is 16.7 Å². The first-order chi connectivity index (χ1) is 17.6. The number of aromatic nitrogens is 4. The Morgan fingerprint density at radius 3 is 2.62 bits per heavy atom. The summed E-state index contributed by atoms with van der Waals surface area (Å²) in [4.78, 5) is 28.5. The van der Waals surface area contributed by atoms with Crippen LogP contribution in [0.5, 0.6) is 5.75 Å². The van der Waals surface area contributed by atoms with E-state index < -0.39 is 10.7 Å². The molecule has 0 aliphatic rings. The van der Waals surface area contributed by atoms with E-state index in [0.29, 0.717) is 46.2 Å². The summed E-state index contributed by atoms with van der Waals surface area (Å²) in [5, 5.41) is 15.1. The van der Waals surface area contributed by atoms with Crippen molar-refractivity contribution in [1.82, 2.24) is 24.4 Å². The minimum atomic E-state index is -0.496. The van der Waals surface area contributed by atoms with Gasteiger partial charge in [-0.1, -0.05) is 11.6 Å². The number of anilines is 3. The molecular formula is C24H26ClFN8O3. The van der Waals surface area contributed by atoms with Crippen molar-refractivity contribution in [3.8, 4) is 17.3 Å². The molecule has 0 saturated heterocycles. The highest BCUT2D eigenvalue weighted by molar-refractivity contribution is 6.31. The van der Waals surface area contributed by atoms with Gasteiger partial charge in [0.15, 0.2) is 11.6 Å². The number of hydrogen-bond donors (Lipinski definition) is 1. The number of nitro groups is 1. The third-order valence-electron chi connectivity index (χ3n) is 5.81. The first-order valence-corrected chi connectivity index (χ1v) is 11.6. The van der Waals surface area contributed by atoms with Gasteiger partial charge in [0.25, 0.3) is 5.69 Å². The van der Waals surface area contributed by atoms with Crippen molar-refractivity contribution in [2.75, 3.05) is 51.6 Å². The predicted molar refractivity (Wildman–Crippen MR) is 141 cm³/mol. The zero-order chi connectivity index (χ0) is 26.9. The Hall–Kier alpha value is -4.03. The van der Waals surface area contributed by atoms with Gasteiger partial charge in [-0.25, -0.2) is 19.3 Å². The van der Waals surface area contributed by atoms with Crippen molar-refractivity contribution in [2.24, 2.45) is 7.05 Å². The fourth-order valence-electron chi connectivity index (χ4n) is 3.90. The molecule has 0 aliphatic carbocycles. The first-order valence-electron chi connectivity index (χ1n) is 11.2. The van der Waals surface area contributed by atoms with Gasteiger partial charge >= 0.3 is 0 Å². The number of halogens is 2. The van der Waals surface area contributed by atoms with Crippen LogP contribution in [-0.2, 0) is 7.05 Å². The lowest BCUT2D eigenvalue weighted by Gasteiger charge is -2.22. The zero-order valence-corrected chi connectivity index (χ0v) is 21.7. The molecule has 4 aromatic rings. The Labute approximate surface area is 217 Å². The molecule has 2 aromatic heterocycles. The number of nitrogens with zero attached hydrogens (tertiary/aromatic N) is 7. The monoisotopic (exact) mass is 528 g/mol. The summed E-state index contributed by atoms with van der Waals surface area (Å²) < 4.78 is 21.6. The van der Waals surface area contributed by atoms with Gasteiger partial charge in [-0.3, -0.25) is 10.1 Å². The molecule has 0 radical (unpaired) electrons. The van der Waals surface area contributed by atoms with Gasteiger partial charge < -0.3 is 24.4 Å². The van der Waals surface area contributed by atoms with Crippen LogP contribution in [-0.4, -0.2) is 70.7 Å². The van der Waals surface area contributed by atoms with Crippen LogP contribution in [0.3, 0.4) is 0 Å². The Kier molecular flexibility index (Phi) is 7.41. The van der Waals surface area contributed by atoms with E-state index in [1.165, 1.54) is 25.4 Å². The molecule has 194 valence electrons. The minimum Gasteiger partial charge on any atom is -0.494 e. The van der Waals surface area contributed by atoms with Crippen LogP contribution in [0, 0.1) is 15.9 Å². The van der Waals surface area contributed by atoms with Crippen molar-refractivity contribution in [3.05, 3.63) is 57.5 Å². The van der Waals surface area contributed by atoms with Crippen LogP contribution < -0.4 is 15.0 Å². The number of methoxy groups -OCH3 is 1. The number of aryl methyl sites for hydroxylation is 1. The van der Waals surface area contributed by atoms with Crippen LogP contribution in [0.2, 0.25) is 5.02 Å². The molecular weight excluding hydrogens is 503 g/mol. The molecule has 4 rings (SSSR count). The van der Waals surface area contributed by atoms with Crippen LogP contribution in [0.25, 0.3) is 22.6 Å². The largest absolute Gasteiger partial charge is 0.494 e. The third-order valence-corrected chi connectivity index (χ3v) is 6.02. The van der Waals surface area contributed by atoms with Crippen molar-refractivity contribution in [2.45, 2.75) is 0 Å². The predicted octanol–water partition coefficient (Wildman–Crippen LogP) is 4.48. The summed E-state index contributed by atoms with van der Waals surface area (Å²) in [5.74, 6) is 0.441. The molecule has 0 aliphatic heterocycles. The molecule has 0 amide bonds. The molecule has 37 heavy (non-hydrogen) atoms. The lowest BCUT2D eigenvalue weighted by Crippen LogP contribution is -2.28. The van der Waals surface area contributed by atoms with Gasteiger partial charge in [0.1, 0.15) is 22.6 Å². The standard InChI is InChI=1S/C24H26ClFN8O3/c1-31(2)8-9-32(3)19-13-21(37-5)17(12-20(19)34(35)36)30-24-27-7-6-16(29-24)23-28-18-11-14(25)10-15(26)22(18)33(23)4/h6-7,10-13H,8-9H2,1-5H3,(H,27,29,30). The van der Waals surface area contributed by atoms with Gasteiger partial charge in [-0.2, -0.15) is 0 Å². The van der Waals surface area contributed by atoms with Crippen LogP contribution in [0.4, 0.5) is 27.4 Å². The highest BCUT2D eigenvalue weighted by Gasteiger charge is 2.23. The molecule has 0 atom stereocenters. The number of hydrogen-bond acceptors (Lipinski definition) is 9. The first kappa shape index (κ1) is 26.0. The maximum atomic E-state index is 14.5. The van der Waals surface area contributed by atoms with Crippen molar-refractivity contribution < 1.29 is 14.1 Å². The number of rotatable bonds is 9. The van der Waals surface area contributed by atoms with Gasteiger partial charge in [0.05, 0.1) is 23.2 Å². The second kappa shape index (κ2) is 10.5. The van der Waals surface area contributed by atoms with Crippen LogP contribution >= 0.6 is 11.6 Å². The number of benzene rings is 2. The SMILES string of the molecule is COc1cc(N(C)CCN(C)C)c([N+](=O)[O-])cc1Nc1nccc(-c2nc3cc(Cl)cc(F)c3n2C)n1. The summed E-state index contributed by atoms with van der Waals surface area (Å²) in [5.41, 5.74) is 1.74. The van der Waals surface area contributed by atoms with E-state index in [4.69, 9.17) is 16.3 Å². The average Bonchev–Trinajstić information content (AvgIpc) is 3.18. The molecule has 0 unspecified atom stereocenters. The van der Waals surface area contributed by atoms with Crippen molar-refractivity contribution in [1.29, 1.82) is 0 Å². The number of fused-ring (bicyclic) bond motifs is 1. The number of ether oxygens (including phenoxy) is 1. The Balaban J connectivity index is 1.71. The summed E-state index contributed by atoms with van der Waals surface area (Å²) in [6.45, 7) is 1.30. The maximum absolute atomic E-state index is 14.5. The van der Waals surface area contributed by atoms with E-state index >= 15 is 0 Å². The van der Waals surface area contributed by atoms with Crippen molar-refractivity contribution >= 4 is 45.6 Å². The molecule has 0 saturated carbocycles. The summed E-state index contributed by atoms with van der Waals surface area (Å²) in [6.07, 6.45) is 1.51. The summed E-state index contributed by atoms with van der Waals surface area (Å²) >= 11 is 5.98. The summed E-state index contributed by atoms with van der Waals surface area (Å²) in [7, 11) is 8.81. The van der Waals surface area contributed by atoms with Gasteiger partial charge in [0, 0.05) is 50.5 Å². The molecule has 1 N–H and O–H groups in total. The number of nitrogens with one attached hydrogen (secondary N) is 1. The van der Waals surface area contributed by atoms with Gasteiger partial charge in [0.2, 0.25) is 5.95 Å². The van der Waals surface area contributed by atoms with Crippen molar-refractivity contribution in [3.63, 3.8) is 0 Å². The number of imidazole rings is 1.